The summed E-state index contributed by atoms with van der Waals surface area (Å²) in [4.78, 5) is 0. The van der Waals surface area contributed by atoms with Crippen LogP contribution in [0.4, 0.5) is 0 Å². The summed E-state index contributed by atoms with van der Waals surface area (Å²) in [5.41, 5.74) is 5.84. The highest BCUT2D eigenvalue weighted by atomic mass is 32.2. The topological polar surface area (TPSA) is 26.0 Å². The quantitative estimate of drug-likeness (QED) is 0.713. The van der Waals surface area contributed by atoms with Gasteiger partial charge < -0.3 is 5.73 Å². The predicted octanol–water partition coefficient (Wildman–Crippen LogP) is 3.14. The van der Waals surface area contributed by atoms with E-state index in [2.05, 4.69) is 13.2 Å². The lowest BCUT2D eigenvalue weighted by molar-refractivity contribution is 0.183. The van der Waals surface area contributed by atoms with Gasteiger partial charge >= 0.3 is 0 Å². The zero-order valence-corrected chi connectivity index (χ0v) is 10.5. The lowest BCUT2D eigenvalue weighted by atomic mass is 9.73. The Hall–Kier alpha value is 0.310. The van der Waals surface area contributed by atoms with Gasteiger partial charge in [-0.25, -0.2) is 0 Å². The molecule has 1 fully saturated rings. The van der Waals surface area contributed by atoms with Gasteiger partial charge in [0.1, 0.15) is 0 Å². The van der Waals surface area contributed by atoms with Crippen molar-refractivity contribution in [3.05, 3.63) is 0 Å². The molecule has 0 bridgehead atoms. The molecule has 2 heteroatoms. The molecule has 1 aliphatic rings. The van der Waals surface area contributed by atoms with Crippen molar-refractivity contribution >= 4 is 11.8 Å². The highest BCUT2D eigenvalue weighted by Gasteiger charge is 2.26. The van der Waals surface area contributed by atoms with Gasteiger partial charge in [-0.15, -0.1) is 0 Å². The van der Waals surface area contributed by atoms with Crippen molar-refractivity contribution in [3.8, 4) is 0 Å². The Morgan fingerprint density at radius 2 is 2.07 bits per heavy atom. The molecule has 3 atom stereocenters. The lowest BCUT2D eigenvalue weighted by Crippen LogP contribution is -2.29. The van der Waals surface area contributed by atoms with Crippen molar-refractivity contribution in [1.82, 2.24) is 0 Å². The smallest absolute Gasteiger partial charge is 0.00462 e. The minimum absolute atomic E-state index is 0.827. The van der Waals surface area contributed by atoms with Gasteiger partial charge in [0.15, 0.2) is 0 Å². The van der Waals surface area contributed by atoms with Gasteiger partial charge in [-0.3, -0.25) is 0 Å². The molecule has 84 valence electrons. The van der Waals surface area contributed by atoms with E-state index in [4.69, 9.17) is 5.73 Å². The van der Waals surface area contributed by atoms with Crippen LogP contribution in [0.3, 0.4) is 0 Å². The fourth-order valence-electron chi connectivity index (χ4n) is 2.72. The second kappa shape index (κ2) is 6.73. The maximum atomic E-state index is 5.84. The molecule has 1 rings (SSSR count). The molecule has 0 amide bonds. The molecule has 1 aliphatic carbocycles. The molecular weight excluding hydrogens is 190 g/mol. The molecule has 1 nitrogen and oxygen atoms in total. The summed E-state index contributed by atoms with van der Waals surface area (Å²) in [5.74, 6) is 4.02. The van der Waals surface area contributed by atoms with E-state index >= 15 is 0 Å². The lowest BCUT2D eigenvalue weighted by Gasteiger charge is -2.34. The van der Waals surface area contributed by atoms with Crippen molar-refractivity contribution in [2.75, 3.05) is 18.6 Å². The SMILES string of the molecule is CSCCCC1CC(C)CCC1CN. The molecule has 0 aliphatic heterocycles. The first-order chi connectivity index (χ1) is 6.77. The van der Waals surface area contributed by atoms with Crippen LogP contribution < -0.4 is 5.73 Å². The van der Waals surface area contributed by atoms with Crippen LogP contribution in [-0.4, -0.2) is 18.6 Å². The largest absolute Gasteiger partial charge is 0.330 e. The summed E-state index contributed by atoms with van der Waals surface area (Å²) < 4.78 is 0. The number of hydrogen-bond acceptors (Lipinski definition) is 2. The van der Waals surface area contributed by atoms with Gasteiger partial charge in [-0.2, -0.15) is 11.8 Å². The fourth-order valence-corrected chi connectivity index (χ4v) is 3.17. The monoisotopic (exact) mass is 215 g/mol. The van der Waals surface area contributed by atoms with E-state index in [9.17, 15) is 0 Å². The minimum Gasteiger partial charge on any atom is -0.330 e. The Morgan fingerprint density at radius 3 is 2.71 bits per heavy atom. The van der Waals surface area contributed by atoms with Gasteiger partial charge in [0, 0.05) is 0 Å². The zero-order valence-electron chi connectivity index (χ0n) is 9.67. The van der Waals surface area contributed by atoms with E-state index in [-0.39, 0.29) is 0 Å². The van der Waals surface area contributed by atoms with Crippen LogP contribution in [0.15, 0.2) is 0 Å². The summed E-state index contributed by atoms with van der Waals surface area (Å²) in [5, 5.41) is 0. The van der Waals surface area contributed by atoms with Crippen LogP contribution in [-0.2, 0) is 0 Å². The van der Waals surface area contributed by atoms with Gasteiger partial charge in [0.2, 0.25) is 0 Å². The molecule has 0 aromatic carbocycles. The minimum atomic E-state index is 0.827. The van der Waals surface area contributed by atoms with Gasteiger partial charge in [0.25, 0.3) is 0 Å². The Kier molecular flexibility index (Phi) is 5.95. The second-order valence-corrected chi connectivity index (χ2v) is 5.79. The number of rotatable bonds is 5. The number of thioether (sulfide) groups is 1. The summed E-state index contributed by atoms with van der Waals surface area (Å²) >= 11 is 1.97. The molecule has 1 saturated carbocycles. The fraction of sp³-hybridized carbons (Fsp3) is 1.00. The molecule has 0 saturated heterocycles. The Bertz CT molecular complexity index is 149. The summed E-state index contributed by atoms with van der Waals surface area (Å²) in [6, 6.07) is 0. The van der Waals surface area contributed by atoms with Crippen molar-refractivity contribution in [2.24, 2.45) is 23.5 Å². The standard InChI is InChI=1S/C12H25NS/c1-10-5-6-12(9-13)11(8-10)4-3-7-14-2/h10-12H,3-9,13H2,1-2H3. The molecule has 0 radical (unpaired) electrons. The first-order valence-corrected chi connectivity index (χ1v) is 7.36. The Labute approximate surface area is 93.2 Å². The zero-order chi connectivity index (χ0) is 10.4. The average molecular weight is 215 g/mol. The number of nitrogens with two attached hydrogens (primary N) is 1. The van der Waals surface area contributed by atoms with Crippen LogP contribution in [0.25, 0.3) is 0 Å². The maximum Gasteiger partial charge on any atom is -0.00462 e. The van der Waals surface area contributed by atoms with Crippen LogP contribution in [0.1, 0.15) is 39.0 Å². The Balaban J connectivity index is 2.29. The summed E-state index contributed by atoms with van der Waals surface area (Å²) in [6.07, 6.45) is 9.20. The van der Waals surface area contributed by atoms with Crippen LogP contribution >= 0.6 is 11.8 Å². The Morgan fingerprint density at radius 1 is 1.29 bits per heavy atom. The highest BCUT2D eigenvalue weighted by molar-refractivity contribution is 7.98. The first-order valence-electron chi connectivity index (χ1n) is 5.97. The third-order valence-electron chi connectivity index (χ3n) is 3.63. The predicted molar refractivity (Wildman–Crippen MR) is 66.7 cm³/mol. The molecule has 0 heterocycles. The second-order valence-electron chi connectivity index (χ2n) is 4.81. The summed E-state index contributed by atoms with van der Waals surface area (Å²) in [7, 11) is 0. The van der Waals surface area contributed by atoms with E-state index in [1.54, 1.807) is 0 Å². The van der Waals surface area contributed by atoms with Crippen molar-refractivity contribution in [3.63, 3.8) is 0 Å². The van der Waals surface area contributed by atoms with Crippen molar-refractivity contribution < 1.29 is 0 Å². The van der Waals surface area contributed by atoms with Crippen molar-refractivity contribution in [2.45, 2.75) is 39.0 Å². The number of hydrogen-bond donors (Lipinski definition) is 1. The highest BCUT2D eigenvalue weighted by Crippen LogP contribution is 2.35. The molecule has 2 N–H and O–H groups in total. The van der Waals surface area contributed by atoms with E-state index in [0.717, 1.165) is 24.3 Å². The van der Waals surface area contributed by atoms with Crippen LogP contribution in [0, 0.1) is 17.8 Å². The van der Waals surface area contributed by atoms with Crippen LogP contribution in [0.2, 0.25) is 0 Å². The normalized spacial score (nSPS) is 33.2. The van der Waals surface area contributed by atoms with Gasteiger partial charge in [-0.05, 0) is 62.0 Å². The van der Waals surface area contributed by atoms with Gasteiger partial charge in [0.05, 0.1) is 0 Å². The molecule has 3 unspecified atom stereocenters. The first kappa shape index (κ1) is 12.4. The average Bonchev–Trinajstić information content (AvgIpc) is 2.19. The summed E-state index contributed by atoms with van der Waals surface area (Å²) in [6.45, 7) is 3.31. The molecule has 0 aromatic heterocycles. The molecule has 14 heavy (non-hydrogen) atoms. The van der Waals surface area contributed by atoms with E-state index in [1.807, 2.05) is 11.8 Å². The third kappa shape index (κ3) is 3.82. The third-order valence-corrected chi connectivity index (χ3v) is 4.33. The molecule has 0 aromatic rings. The van der Waals surface area contributed by atoms with Gasteiger partial charge in [-0.1, -0.05) is 13.3 Å². The van der Waals surface area contributed by atoms with E-state index in [1.165, 1.54) is 37.9 Å². The van der Waals surface area contributed by atoms with Crippen LogP contribution in [0.5, 0.6) is 0 Å². The molecular formula is C12H25NS. The van der Waals surface area contributed by atoms with Crippen molar-refractivity contribution in [1.29, 1.82) is 0 Å². The van der Waals surface area contributed by atoms with E-state index < -0.39 is 0 Å². The molecule has 0 spiro atoms. The maximum absolute atomic E-state index is 5.84. The van der Waals surface area contributed by atoms with E-state index in [0.29, 0.717) is 0 Å².